The van der Waals surface area contributed by atoms with E-state index in [0.717, 1.165) is 19.3 Å². The molecule has 5 nitrogen and oxygen atoms in total. The number of nitrogens with two attached hydrogens (primary N) is 1. The summed E-state index contributed by atoms with van der Waals surface area (Å²) in [6.07, 6.45) is 2.75. The number of aryl methyl sites for hydroxylation is 1. The number of nitrogens with zero attached hydrogens (tertiary/aromatic N) is 1. The Kier molecular flexibility index (Phi) is 8.39. The lowest BCUT2D eigenvalue weighted by Crippen LogP contribution is -2.52. The third-order valence-corrected chi connectivity index (χ3v) is 4.66. The summed E-state index contributed by atoms with van der Waals surface area (Å²) in [7, 11) is 0. The SMILES string of the molecule is CC(C)(CN)NC(=O)C1CCN(C(=O)CCc2ccccc2)CC1.Cl. The number of carbonyl (C=O) groups excluding carboxylic acids is 2. The van der Waals surface area contributed by atoms with Gasteiger partial charge < -0.3 is 16.0 Å². The number of halogens is 1. The fraction of sp³-hybridized carbons (Fsp3) is 0.579. The zero-order valence-electron chi connectivity index (χ0n) is 15.2. The van der Waals surface area contributed by atoms with Crippen molar-refractivity contribution in [2.24, 2.45) is 11.7 Å². The molecule has 2 rings (SSSR count). The Labute approximate surface area is 156 Å². The van der Waals surface area contributed by atoms with Gasteiger partial charge in [-0.15, -0.1) is 12.4 Å². The number of benzene rings is 1. The van der Waals surface area contributed by atoms with Gasteiger partial charge in [0.25, 0.3) is 0 Å². The number of nitrogens with one attached hydrogen (secondary N) is 1. The van der Waals surface area contributed by atoms with Gasteiger partial charge in [-0.2, -0.15) is 0 Å². The van der Waals surface area contributed by atoms with Crippen molar-refractivity contribution in [2.45, 2.75) is 45.1 Å². The lowest BCUT2D eigenvalue weighted by atomic mass is 9.94. The molecule has 3 N–H and O–H groups in total. The van der Waals surface area contributed by atoms with Gasteiger partial charge in [-0.05, 0) is 38.7 Å². The third-order valence-electron chi connectivity index (χ3n) is 4.66. The zero-order valence-corrected chi connectivity index (χ0v) is 16.0. The minimum atomic E-state index is -0.375. The Bertz CT molecular complexity index is 555. The van der Waals surface area contributed by atoms with Gasteiger partial charge in [-0.25, -0.2) is 0 Å². The van der Waals surface area contributed by atoms with E-state index < -0.39 is 0 Å². The van der Waals surface area contributed by atoms with Crippen molar-refractivity contribution in [3.63, 3.8) is 0 Å². The van der Waals surface area contributed by atoms with Crippen LogP contribution in [0.5, 0.6) is 0 Å². The molecule has 0 bridgehead atoms. The Balaban J connectivity index is 0.00000312. The zero-order chi connectivity index (χ0) is 17.6. The monoisotopic (exact) mass is 367 g/mol. The van der Waals surface area contributed by atoms with Crippen molar-refractivity contribution in [3.8, 4) is 0 Å². The predicted molar refractivity (Wildman–Crippen MR) is 103 cm³/mol. The first-order chi connectivity index (χ1) is 11.4. The van der Waals surface area contributed by atoms with E-state index in [4.69, 9.17) is 5.73 Å². The van der Waals surface area contributed by atoms with E-state index in [1.807, 2.05) is 49.1 Å². The number of amides is 2. The van der Waals surface area contributed by atoms with Crippen LogP contribution in [-0.4, -0.2) is 41.9 Å². The van der Waals surface area contributed by atoms with E-state index in [0.29, 0.717) is 26.1 Å². The molecule has 0 saturated carbocycles. The quantitative estimate of drug-likeness (QED) is 0.808. The highest BCUT2D eigenvalue weighted by Gasteiger charge is 2.29. The lowest BCUT2D eigenvalue weighted by molar-refractivity contribution is -0.136. The molecule has 2 amide bonds. The minimum absolute atomic E-state index is 0. The molecule has 0 unspecified atom stereocenters. The molecule has 0 aromatic heterocycles. The van der Waals surface area contributed by atoms with E-state index in [2.05, 4.69) is 5.32 Å². The van der Waals surface area contributed by atoms with Crippen LogP contribution in [0.1, 0.15) is 38.7 Å². The topological polar surface area (TPSA) is 75.4 Å². The maximum absolute atomic E-state index is 12.3. The maximum atomic E-state index is 12.3. The molecule has 0 radical (unpaired) electrons. The number of hydrogen-bond acceptors (Lipinski definition) is 3. The summed E-state index contributed by atoms with van der Waals surface area (Å²) in [5.41, 5.74) is 6.47. The highest BCUT2D eigenvalue weighted by Crippen LogP contribution is 2.19. The van der Waals surface area contributed by atoms with Gasteiger partial charge in [0.05, 0.1) is 0 Å². The molecule has 1 aromatic carbocycles. The summed E-state index contributed by atoms with van der Waals surface area (Å²) in [6, 6.07) is 10.1. The Morgan fingerprint density at radius 2 is 1.80 bits per heavy atom. The molecule has 25 heavy (non-hydrogen) atoms. The van der Waals surface area contributed by atoms with Gasteiger partial charge in [0.15, 0.2) is 0 Å². The standard InChI is InChI=1S/C19H29N3O2.ClH/c1-19(2,14-20)21-18(24)16-10-12-22(13-11-16)17(23)9-8-15-6-4-3-5-7-15;/h3-7,16H,8-14,20H2,1-2H3,(H,21,24);1H. The van der Waals surface area contributed by atoms with E-state index in [1.165, 1.54) is 5.56 Å². The molecule has 1 fully saturated rings. The van der Waals surface area contributed by atoms with Gasteiger partial charge in [0.2, 0.25) is 11.8 Å². The molecule has 1 aromatic rings. The smallest absolute Gasteiger partial charge is 0.223 e. The second-order valence-corrected chi connectivity index (χ2v) is 7.22. The molecule has 140 valence electrons. The van der Waals surface area contributed by atoms with Crippen LogP contribution in [0.15, 0.2) is 30.3 Å². The van der Waals surface area contributed by atoms with Crippen molar-refractivity contribution in [2.75, 3.05) is 19.6 Å². The molecule has 1 saturated heterocycles. The Hall–Kier alpha value is -1.59. The molecule has 1 aliphatic rings. The third kappa shape index (κ3) is 6.67. The van der Waals surface area contributed by atoms with Crippen LogP contribution in [0.25, 0.3) is 0 Å². The minimum Gasteiger partial charge on any atom is -0.350 e. The second kappa shape index (κ2) is 9.78. The van der Waals surface area contributed by atoms with E-state index in [-0.39, 0.29) is 35.7 Å². The molecule has 0 aliphatic carbocycles. The Morgan fingerprint density at radius 1 is 1.20 bits per heavy atom. The number of carbonyl (C=O) groups is 2. The second-order valence-electron chi connectivity index (χ2n) is 7.22. The van der Waals surface area contributed by atoms with Crippen LogP contribution < -0.4 is 11.1 Å². The van der Waals surface area contributed by atoms with Crippen molar-refractivity contribution in [3.05, 3.63) is 35.9 Å². The number of piperidine rings is 1. The van der Waals surface area contributed by atoms with Gasteiger partial charge in [-0.3, -0.25) is 9.59 Å². The van der Waals surface area contributed by atoms with Crippen LogP contribution in [-0.2, 0) is 16.0 Å². The van der Waals surface area contributed by atoms with Gasteiger partial charge >= 0.3 is 0 Å². The van der Waals surface area contributed by atoms with Crippen LogP contribution in [0.2, 0.25) is 0 Å². The van der Waals surface area contributed by atoms with Crippen molar-refractivity contribution < 1.29 is 9.59 Å². The number of likely N-dealkylation sites (tertiary alicyclic amines) is 1. The van der Waals surface area contributed by atoms with E-state index in [9.17, 15) is 9.59 Å². The van der Waals surface area contributed by atoms with E-state index in [1.54, 1.807) is 0 Å². The first-order valence-electron chi connectivity index (χ1n) is 8.75. The largest absolute Gasteiger partial charge is 0.350 e. The van der Waals surface area contributed by atoms with Crippen LogP contribution in [0.3, 0.4) is 0 Å². The molecule has 0 spiro atoms. The summed E-state index contributed by atoms with van der Waals surface area (Å²) in [4.78, 5) is 26.5. The normalized spacial score (nSPS) is 15.4. The predicted octanol–water partition coefficient (Wildman–Crippen LogP) is 2.13. The number of rotatable bonds is 6. The van der Waals surface area contributed by atoms with Crippen molar-refractivity contribution >= 4 is 24.2 Å². The summed E-state index contributed by atoms with van der Waals surface area (Å²) in [5.74, 6) is 0.218. The first-order valence-corrected chi connectivity index (χ1v) is 8.75. The van der Waals surface area contributed by atoms with Gasteiger partial charge in [0.1, 0.15) is 0 Å². The van der Waals surface area contributed by atoms with Crippen LogP contribution >= 0.6 is 12.4 Å². The summed E-state index contributed by atoms with van der Waals surface area (Å²) in [5, 5.41) is 3.00. The summed E-state index contributed by atoms with van der Waals surface area (Å²) >= 11 is 0. The fourth-order valence-electron chi connectivity index (χ4n) is 2.93. The average molecular weight is 368 g/mol. The average Bonchev–Trinajstić information content (AvgIpc) is 2.60. The molecule has 0 atom stereocenters. The van der Waals surface area contributed by atoms with Crippen LogP contribution in [0.4, 0.5) is 0 Å². The molecule has 6 heteroatoms. The highest BCUT2D eigenvalue weighted by atomic mass is 35.5. The van der Waals surface area contributed by atoms with E-state index >= 15 is 0 Å². The molecule has 1 aliphatic heterocycles. The lowest BCUT2D eigenvalue weighted by Gasteiger charge is -2.33. The molecular weight excluding hydrogens is 338 g/mol. The van der Waals surface area contributed by atoms with Crippen molar-refractivity contribution in [1.29, 1.82) is 0 Å². The highest BCUT2D eigenvalue weighted by molar-refractivity contribution is 5.85. The first kappa shape index (κ1) is 21.5. The molecular formula is C19H30ClN3O2. The summed E-state index contributed by atoms with van der Waals surface area (Å²) < 4.78 is 0. The van der Waals surface area contributed by atoms with Crippen molar-refractivity contribution in [1.82, 2.24) is 10.2 Å². The summed E-state index contributed by atoms with van der Waals surface area (Å²) in [6.45, 7) is 5.58. The fourth-order valence-corrected chi connectivity index (χ4v) is 2.93. The van der Waals surface area contributed by atoms with Crippen LogP contribution in [0, 0.1) is 5.92 Å². The molecule has 1 heterocycles. The van der Waals surface area contributed by atoms with Gasteiger partial charge in [0, 0.05) is 37.5 Å². The maximum Gasteiger partial charge on any atom is 0.223 e. The number of hydrogen-bond donors (Lipinski definition) is 2. The Morgan fingerprint density at radius 3 is 2.36 bits per heavy atom. The van der Waals surface area contributed by atoms with Gasteiger partial charge in [-0.1, -0.05) is 30.3 Å².